The van der Waals surface area contributed by atoms with E-state index in [0.29, 0.717) is 13.0 Å². The predicted molar refractivity (Wildman–Crippen MR) is 115 cm³/mol. The van der Waals surface area contributed by atoms with E-state index >= 15 is 0 Å². The maximum Gasteiger partial charge on any atom is 0.258 e. The smallest absolute Gasteiger partial charge is 0.258 e. The highest BCUT2D eigenvalue weighted by Crippen LogP contribution is 2.12. The maximum absolute atomic E-state index is 12.6. The summed E-state index contributed by atoms with van der Waals surface area (Å²) in [7, 11) is 0. The van der Waals surface area contributed by atoms with Crippen LogP contribution in [0.2, 0.25) is 0 Å². The number of nitrogens with zero attached hydrogens (tertiary/aromatic N) is 4. The van der Waals surface area contributed by atoms with Gasteiger partial charge in [0.25, 0.3) is 5.56 Å². The topological polar surface area (TPSA) is 57.9 Å². The fourth-order valence-electron chi connectivity index (χ4n) is 3.70. The minimum Gasteiger partial charge on any atom is -0.340 e. The lowest BCUT2D eigenvalue weighted by Gasteiger charge is -2.34. The van der Waals surface area contributed by atoms with Gasteiger partial charge in [0.1, 0.15) is 0 Å². The average molecular weight is 411 g/mol. The number of thiazole rings is 1. The van der Waals surface area contributed by atoms with Crippen molar-refractivity contribution in [2.75, 3.05) is 26.2 Å². The van der Waals surface area contributed by atoms with Gasteiger partial charge in [0, 0.05) is 56.8 Å². The molecule has 1 aliphatic rings. The first kappa shape index (κ1) is 19.8. The van der Waals surface area contributed by atoms with Crippen LogP contribution in [0, 0.1) is 0 Å². The highest BCUT2D eigenvalue weighted by atomic mass is 32.1. The second-order valence-corrected chi connectivity index (χ2v) is 8.34. The Morgan fingerprint density at radius 1 is 1.10 bits per heavy atom. The van der Waals surface area contributed by atoms with Gasteiger partial charge >= 0.3 is 0 Å². The third-order valence-electron chi connectivity index (χ3n) is 5.53. The fourth-order valence-corrected chi connectivity index (χ4v) is 4.44. The van der Waals surface area contributed by atoms with Crippen molar-refractivity contribution < 1.29 is 4.79 Å². The van der Waals surface area contributed by atoms with Crippen LogP contribution in [0.25, 0.3) is 4.96 Å². The molecule has 7 heteroatoms. The largest absolute Gasteiger partial charge is 0.340 e. The monoisotopic (exact) mass is 410 g/mol. The molecule has 4 rings (SSSR count). The average Bonchev–Trinajstić information content (AvgIpc) is 3.22. The van der Waals surface area contributed by atoms with Crippen LogP contribution in [-0.4, -0.2) is 51.3 Å². The molecule has 3 heterocycles. The van der Waals surface area contributed by atoms with Crippen molar-refractivity contribution in [3.8, 4) is 0 Å². The Hall–Kier alpha value is -2.51. The molecule has 1 amide bonds. The number of carbonyl (C=O) groups excluding carboxylic acids is 1. The van der Waals surface area contributed by atoms with Gasteiger partial charge in [-0.1, -0.05) is 31.2 Å². The van der Waals surface area contributed by atoms with Crippen molar-refractivity contribution in [2.24, 2.45) is 0 Å². The van der Waals surface area contributed by atoms with E-state index in [-0.39, 0.29) is 11.5 Å². The number of rotatable bonds is 6. The standard InChI is InChI=1S/C22H26N4O2S/c1-2-17-3-5-18(6-4-17)7-8-20(27)25-11-9-24(10-12-25)16-19-15-21(28)26-13-14-29-22(26)23-19/h3-6,13-15H,2,7-12,16H2,1H3. The highest BCUT2D eigenvalue weighted by Gasteiger charge is 2.21. The number of aromatic nitrogens is 2. The molecule has 0 saturated carbocycles. The number of amides is 1. The summed E-state index contributed by atoms with van der Waals surface area (Å²) in [5.41, 5.74) is 3.31. The van der Waals surface area contributed by atoms with E-state index in [1.165, 1.54) is 22.5 Å². The molecule has 0 atom stereocenters. The van der Waals surface area contributed by atoms with Crippen molar-refractivity contribution in [1.82, 2.24) is 19.2 Å². The first-order chi connectivity index (χ1) is 14.1. The van der Waals surface area contributed by atoms with Crippen LogP contribution in [0.4, 0.5) is 0 Å². The van der Waals surface area contributed by atoms with Gasteiger partial charge in [-0.25, -0.2) is 4.98 Å². The Labute approximate surface area is 174 Å². The van der Waals surface area contributed by atoms with Gasteiger partial charge in [-0.2, -0.15) is 0 Å². The normalized spacial score (nSPS) is 15.1. The van der Waals surface area contributed by atoms with Gasteiger partial charge in [-0.05, 0) is 24.0 Å². The third kappa shape index (κ3) is 4.74. The molecule has 1 saturated heterocycles. The van der Waals surface area contributed by atoms with E-state index in [1.54, 1.807) is 16.7 Å². The molecule has 0 unspecified atom stereocenters. The van der Waals surface area contributed by atoms with E-state index in [0.717, 1.165) is 49.7 Å². The summed E-state index contributed by atoms with van der Waals surface area (Å²) in [6, 6.07) is 10.2. The summed E-state index contributed by atoms with van der Waals surface area (Å²) in [4.78, 5) is 34.2. The number of benzene rings is 1. The van der Waals surface area contributed by atoms with Gasteiger partial charge in [0.2, 0.25) is 5.91 Å². The summed E-state index contributed by atoms with van der Waals surface area (Å²) < 4.78 is 1.57. The lowest BCUT2D eigenvalue weighted by molar-refractivity contribution is -0.133. The predicted octanol–water partition coefficient (Wildman–Crippen LogP) is 2.60. The Morgan fingerprint density at radius 2 is 1.83 bits per heavy atom. The van der Waals surface area contributed by atoms with Crippen molar-refractivity contribution in [3.05, 3.63) is 69.1 Å². The molecular weight excluding hydrogens is 384 g/mol. The van der Waals surface area contributed by atoms with Crippen molar-refractivity contribution in [2.45, 2.75) is 32.7 Å². The van der Waals surface area contributed by atoms with Gasteiger partial charge in [0.05, 0.1) is 5.69 Å². The molecule has 2 aromatic heterocycles. The van der Waals surface area contributed by atoms with Gasteiger partial charge < -0.3 is 4.90 Å². The van der Waals surface area contributed by atoms with Crippen molar-refractivity contribution in [1.29, 1.82) is 0 Å². The number of hydrogen-bond donors (Lipinski definition) is 0. The molecule has 6 nitrogen and oxygen atoms in total. The van der Waals surface area contributed by atoms with E-state index in [2.05, 4.69) is 41.1 Å². The first-order valence-electron chi connectivity index (χ1n) is 10.2. The van der Waals surface area contributed by atoms with E-state index in [9.17, 15) is 9.59 Å². The molecular formula is C22H26N4O2S. The van der Waals surface area contributed by atoms with Crippen molar-refractivity contribution in [3.63, 3.8) is 0 Å². The van der Waals surface area contributed by atoms with E-state index in [1.807, 2.05) is 10.3 Å². The lowest BCUT2D eigenvalue weighted by atomic mass is 10.1. The van der Waals surface area contributed by atoms with Gasteiger partial charge in [0.15, 0.2) is 4.96 Å². The molecule has 0 N–H and O–H groups in total. The van der Waals surface area contributed by atoms with Crippen LogP contribution in [-0.2, 0) is 24.2 Å². The molecule has 1 aliphatic heterocycles. The Kier molecular flexibility index (Phi) is 6.06. The zero-order valence-corrected chi connectivity index (χ0v) is 17.5. The number of fused-ring (bicyclic) bond motifs is 1. The second kappa shape index (κ2) is 8.88. The number of piperazine rings is 1. The van der Waals surface area contributed by atoms with E-state index < -0.39 is 0 Å². The first-order valence-corrected chi connectivity index (χ1v) is 11.0. The van der Waals surface area contributed by atoms with Gasteiger partial charge in [-0.15, -0.1) is 11.3 Å². The minimum atomic E-state index is -0.0352. The van der Waals surface area contributed by atoms with Gasteiger partial charge in [-0.3, -0.25) is 18.9 Å². The van der Waals surface area contributed by atoms with Crippen LogP contribution in [0.15, 0.2) is 46.7 Å². The summed E-state index contributed by atoms with van der Waals surface area (Å²) in [6.07, 6.45) is 4.13. The Bertz CT molecular complexity index is 1030. The quantitative estimate of drug-likeness (QED) is 0.627. The third-order valence-corrected chi connectivity index (χ3v) is 6.28. The highest BCUT2D eigenvalue weighted by molar-refractivity contribution is 7.15. The van der Waals surface area contributed by atoms with Crippen LogP contribution in [0.5, 0.6) is 0 Å². The molecule has 0 aliphatic carbocycles. The molecule has 1 fully saturated rings. The maximum atomic E-state index is 12.6. The molecule has 3 aromatic rings. The molecule has 1 aromatic carbocycles. The zero-order chi connectivity index (χ0) is 20.2. The molecule has 0 bridgehead atoms. The minimum absolute atomic E-state index is 0.0352. The zero-order valence-electron chi connectivity index (χ0n) is 16.7. The summed E-state index contributed by atoms with van der Waals surface area (Å²) in [5, 5.41) is 1.87. The Morgan fingerprint density at radius 3 is 2.55 bits per heavy atom. The van der Waals surface area contributed by atoms with Crippen LogP contribution < -0.4 is 5.56 Å². The SMILES string of the molecule is CCc1ccc(CCC(=O)N2CCN(Cc3cc(=O)n4ccsc4n3)CC2)cc1. The van der Waals surface area contributed by atoms with Crippen LogP contribution in [0.3, 0.4) is 0 Å². The summed E-state index contributed by atoms with van der Waals surface area (Å²) in [5.74, 6) is 0.223. The number of hydrogen-bond acceptors (Lipinski definition) is 5. The van der Waals surface area contributed by atoms with Crippen LogP contribution in [0.1, 0.15) is 30.2 Å². The van der Waals surface area contributed by atoms with E-state index in [4.69, 9.17) is 0 Å². The summed E-state index contributed by atoms with van der Waals surface area (Å²) >= 11 is 1.47. The Balaban J connectivity index is 1.26. The molecule has 0 radical (unpaired) electrons. The molecule has 29 heavy (non-hydrogen) atoms. The number of aryl methyl sites for hydroxylation is 2. The van der Waals surface area contributed by atoms with Crippen molar-refractivity contribution >= 4 is 22.2 Å². The molecule has 152 valence electrons. The fraction of sp³-hybridized carbons (Fsp3) is 0.409. The number of carbonyl (C=O) groups is 1. The van der Waals surface area contributed by atoms with Crippen LogP contribution >= 0.6 is 11.3 Å². The summed E-state index contributed by atoms with van der Waals surface area (Å²) in [6.45, 7) is 5.87. The molecule has 0 spiro atoms. The second-order valence-electron chi connectivity index (χ2n) is 7.47. The lowest BCUT2D eigenvalue weighted by Crippen LogP contribution is -2.48.